The number of benzene rings is 1. The van der Waals surface area contributed by atoms with Gasteiger partial charge in [-0.15, -0.1) is 0 Å². The van der Waals surface area contributed by atoms with Gasteiger partial charge in [-0.3, -0.25) is 0 Å². The van der Waals surface area contributed by atoms with Crippen LogP contribution in [-0.4, -0.2) is 12.6 Å². The molecule has 0 aliphatic rings. The summed E-state index contributed by atoms with van der Waals surface area (Å²) in [5.41, 5.74) is 9.07. The molecule has 0 aliphatic carbocycles. The summed E-state index contributed by atoms with van der Waals surface area (Å²) in [5.74, 6) is -0.621. The summed E-state index contributed by atoms with van der Waals surface area (Å²) in [5, 5.41) is 3.31. The zero-order valence-corrected chi connectivity index (χ0v) is 8.83. The molecular formula is C11H11N3O2. The van der Waals surface area contributed by atoms with E-state index in [1.807, 2.05) is 18.2 Å². The lowest BCUT2D eigenvalue weighted by molar-refractivity contribution is -0.138. The molecule has 0 amide bonds. The van der Waals surface area contributed by atoms with Gasteiger partial charge < -0.3 is 4.74 Å². The minimum absolute atomic E-state index is 0.0458. The Labute approximate surface area is 93.0 Å². The number of nitrogens with zero attached hydrogens (tertiary/aromatic N) is 3. The number of azide groups is 1. The van der Waals surface area contributed by atoms with E-state index in [1.54, 1.807) is 19.1 Å². The predicted octanol–water partition coefficient (Wildman–Crippen LogP) is 2.90. The van der Waals surface area contributed by atoms with E-state index >= 15 is 0 Å². The Morgan fingerprint density at radius 2 is 2.19 bits per heavy atom. The van der Waals surface area contributed by atoms with Gasteiger partial charge in [-0.2, -0.15) is 0 Å². The van der Waals surface area contributed by atoms with Crippen molar-refractivity contribution in [2.45, 2.75) is 6.92 Å². The van der Waals surface area contributed by atoms with Gasteiger partial charge in [-0.25, -0.2) is 4.79 Å². The number of rotatable bonds is 4. The van der Waals surface area contributed by atoms with Crippen molar-refractivity contribution in [1.29, 1.82) is 0 Å². The summed E-state index contributed by atoms with van der Waals surface area (Å²) >= 11 is 0. The lowest BCUT2D eigenvalue weighted by Gasteiger charge is -2.00. The Morgan fingerprint density at radius 3 is 2.75 bits per heavy atom. The molecule has 0 aliphatic heterocycles. The van der Waals surface area contributed by atoms with Crippen LogP contribution in [0.4, 0.5) is 0 Å². The van der Waals surface area contributed by atoms with Gasteiger partial charge in [0, 0.05) is 4.91 Å². The second-order valence-electron chi connectivity index (χ2n) is 2.85. The van der Waals surface area contributed by atoms with Crippen LogP contribution in [0.3, 0.4) is 0 Å². The molecule has 5 nitrogen and oxygen atoms in total. The summed E-state index contributed by atoms with van der Waals surface area (Å²) in [6.45, 7) is 1.93. The molecule has 0 spiro atoms. The van der Waals surface area contributed by atoms with Crippen LogP contribution in [-0.2, 0) is 9.53 Å². The van der Waals surface area contributed by atoms with Gasteiger partial charge in [-0.05, 0) is 24.1 Å². The Kier molecular flexibility index (Phi) is 4.63. The molecule has 0 saturated carbocycles. The van der Waals surface area contributed by atoms with Crippen LogP contribution >= 0.6 is 0 Å². The summed E-state index contributed by atoms with van der Waals surface area (Å²) in [6.07, 6.45) is 1.48. The molecule has 0 unspecified atom stereocenters. The minimum Gasteiger partial charge on any atom is -0.462 e. The highest BCUT2D eigenvalue weighted by molar-refractivity contribution is 5.93. The van der Waals surface area contributed by atoms with Crippen molar-refractivity contribution in [3.8, 4) is 0 Å². The molecule has 0 saturated heterocycles. The van der Waals surface area contributed by atoms with Crippen molar-refractivity contribution >= 4 is 12.0 Å². The molecule has 1 rings (SSSR count). The fraction of sp³-hybridized carbons (Fsp3) is 0.182. The second-order valence-corrected chi connectivity index (χ2v) is 2.85. The summed E-state index contributed by atoms with van der Waals surface area (Å²) in [7, 11) is 0. The van der Waals surface area contributed by atoms with Crippen LogP contribution in [0.5, 0.6) is 0 Å². The molecule has 0 aromatic heterocycles. The van der Waals surface area contributed by atoms with Crippen LogP contribution in [0, 0.1) is 0 Å². The topological polar surface area (TPSA) is 75.1 Å². The Morgan fingerprint density at radius 1 is 1.50 bits per heavy atom. The van der Waals surface area contributed by atoms with E-state index in [2.05, 4.69) is 10.0 Å². The molecule has 5 heteroatoms. The molecule has 0 heterocycles. The van der Waals surface area contributed by atoms with Crippen molar-refractivity contribution in [2.75, 3.05) is 6.61 Å². The minimum atomic E-state index is -0.621. The summed E-state index contributed by atoms with van der Waals surface area (Å²) in [4.78, 5) is 14.0. The highest BCUT2D eigenvalue weighted by Gasteiger charge is 2.07. The van der Waals surface area contributed by atoms with E-state index < -0.39 is 5.97 Å². The third-order valence-corrected chi connectivity index (χ3v) is 1.74. The van der Waals surface area contributed by atoms with E-state index in [4.69, 9.17) is 10.3 Å². The Bertz CT molecular complexity index is 434. The number of carbonyl (C=O) groups is 1. The SMILES string of the molecule is CCOC(=O)/C(=C/c1ccccc1)N=[N+]=[N-]. The van der Waals surface area contributed by atoms with E-state index in [9.17, 15) is 4.79 Å². The first-order valence-corrected chi connectivity index (χ1v) is 4.77. The number of ether oxygens (including phenoxy) is 1. The average molecular weight is 217 g/mol. The first-order valence-electron chi connectivity index (χ1n) is 4.77. The van der Waals surface area contributed by atoms with E-state index in [1.165, 1.54) is 6.08 Å². The first kappa shape index (κ1) is 11.8. The van der Waals surface area contributed by atoms with Crippen LogP contribution in [0.1, 0.15) is 12.5 Å². The first-order chi connectivity index (χ1) is 7.77. The van der Waals surface area contributed by atoms with Gasteiger partial charge in [0.05, 0.1) is 6.61 Å². The van der Waals surface area contributed by atoms with E-state index in [0.717, 1.165) is 5.56 Å². The molecule has 1 aromatic rings. The second kappa shape index (κ2) is 6.27. The third kappa shape index (κ3) is 3.48. The zero-order valence-electron chi connectivity index (χ0n) is 8.83. The largest absolute Gasteiger partial charge is 0.462 e. The monoisotopic (exact) mass is 217 g/mol. The van der Waals surface area contributed by atoms with Gasteiger partial charge in [0.25, 0.3) is 0 Å². The van der Waals surface area contributed by atoms with Gasteiger partial charge in [-0.1, -0.05) is 35.4 Å². The number of esters is 1. The van der Waals surface area contributed by atoms with E-state index in [0.29, 0.717) is 0 Å². The third-order valence-electron chi connectivity index (χ3n) is 1.74. The van der Waals surface area contributed by atoms with Gasteiger partial charge >= 0.3 is 5.97 Å². The van der Waals surface area contributed by atoms with Gasteiger partial charge in [0.1, 0.15) is 5.70 Å². The van der Waals surface area contributed by atoms with Gasteiger partial charge in [0.2, 0.25) is 0 Å². The van der Waals surface area contributed by atoms with Gasteiger partial charge in [0.15, 0.2) is 0 Å². The summed E-state index contributed by atoms with van der Waals surface area (Å²) < 4.78 is 4.76. The molecule has 0 fully saturated rings. The standard InChI is InChI=1S/C11H11N3O2/c1-2-16-11(15)10(13-14-12)8-9-6-4-3-5-7-9/h3-8H,2H2,1H3/b10-8-. The van der Waals surface area contributed by atoms with Crippen molar-refractivity contribution in [1.82, 2.24) is 0 Å². The maximum absolute atomic E-state index is 11.4. The van der Waals surface area contributed by atoms with Crippen LogP contribution in [0.15, 0.2) is 41.1 Å². The average Bonchev–Trinajstić information content (AvgIpc) is 2.30. The number of hydrogen-bond acceptors (Lipinski definition) is 3. The van der Waals surface area contributed by atoms with Crippen LogP contribution in [0.2, 0.25) is 0 Å². The molecular weight excluding hydrogens is 206 g/mol. The van der Waals surface area contributed by atoms with Crippen molar-refractivity contribution < 1.29 is 9.53 Å². The fourth-order valence-electron chi connectivity index (χ4n) is 1.09. The van der Waals surface area contributed by atoms with Crippen molar-refractivity contribution in [2.24, 2.45) is 5.11 Å². The normalized spacial score (nSPS) is 10.4. The lowest BCUT2D eigenvalue weighted by Crippen LogP contribution is -2.05. The molecule has 1 aromatic carbocycles. The molecule has 82 valence electrons. The van der Waals surface area contributed by atoms with Crippen molar-refractivity contribution in [3.05, 3.63) is 52.0 Å². The van der Waals surface area contributed by atoms with Crippen molar-refractivity contribution in [3.63, 3.8) is 0 Å². The quantitative estimate of drug-likeness (QED) is 0.255. The predicted molar refractivity (Wildman–Crippen MR) is 60.2 cm³/mol. The molecule has 0 radical (unpaired) electrons. The maximum Gasteiger partial charge on any atom is 0.340 e. The highest BCUT2D eigenvalue weighted by atomic mass is 16.5. The molecule has 0 bridgehead atoms. The Balaban J connectivity index is 2.98. The van der Waals surface area contributed by atoms with Crippen LogP contribution in [0.25, 0.3) is 16.5 Å². The fourth-order valence-corrected chi connectivity index (χ4v) is 1.09. The molecule has 0 N–H and O–H groups in total. The molecule has 16 heavy (non-hydrogen) atoms. The zero-order chi connectivity index (χ0) is 11.8. The molecule has 0 atom stereocenters. The lowest BCUT2D eigenvalue weighted by atomic mass is 10.2. The van der Waals surface area contributed by atoms with E-state index in [-0.39, 0.29) is 12.3 Å². The smallest absolute Gasteiger partial charge is 0.340 e. The van der Waals surface area contributed by atoms with Crippen LogP contribution < -0.4 is 0 Å². The summed E-state index contributed by atoms with van der Waals surface area (Å²) in [6, 6.07) is 9.10. The number of hydrogen-bond donors (Lipinski definition) is 0. The maximum atomic E-state index is 11.4. The number of carbonyl (C=O) groups excluding carboxylic acids is 1. The highest BCUT2D eigenvalue weighted by Crippen LogP contribution is 2.09. The Hall–Kier alpha value is -2.26.